The Morgan fingerprint density at radius 1 is 0.796 bits per heavy atom. The van der Waals surface area contributed by atoms with Crippen molar-refractivity contribution >= 4 is 40.9 Å². The van der Waals surface area contributed by atoms with Crippen molar-refractivity contribution < 1.29 is 38.6 Å². The number of carbonyl (C=O) groups excluding carboxylic acids is 3. The Hall–Kier alpha value is -6.01. The van der Waals surface area contributed by atoms with Crippen LogP contribution in [0.4, 0.5) is 15.8 Å². The van der Waals surface area contributed by atoms with Crippen LogP contribution in [0.15, 0.2) is 116 Å². The van der Waals surface area contributed by atoms with Crippen molar-refractivity contribution in [1.82, 2.24) is 9.88 Å². The van der Waals surface area contributed by atoms with Crippen LogP contribution in [-0.4, -0.2) is 75.8 Å². The first-order valence-electron chi connectivity index (χ1n) is 15.4. The van der Waals surface area contributed by atoms with Crippen molar-refractivity contribution in [2.75, 3.05) is 36.4 Å². The molecule has 0 aliphatic carbocycles. The monoisotopic (exact) mass is 666 g/mol. The molecule has 11 nitrogen and oxygen atoms in total. The van der Waals surface area contributed by atoms with Crippen LogP contribution in [0.3, 0.4) is 0 Å². The van der Waals surface area contributed by atoms with Gasteiger partial charge in [-0.1, -0.05) is 18.2 Å². The molecule has 1 aromatic heterocycles. The van der Waals surface area contributed by atoms with Gasteiger partial charge in [0.1, 0.15) is 5.82 Å². The van der Waals surface area contributed by atoms with Crippen molar-refractivity contribution in [1.29, 1.82) is 0 Å². The van der Waals surface area contributed by atoms with E-state index in [1.807, 2.05) is 12.1 Å². The van der Waals surface area contributed by atoms with Crippen molar-refractivity contribution in [2.45, 2.75) is 12.8 Å². The molecule has 2 amide bonds. The van der Waals surface area contributed by atoms with Crippen LogP contribution >= 0.6 is 0 Å². The minimum Gasteiger partial charge on any atom is -0.478 e. The first-order valence-corrected chi connectivity index (χ1v) is 15.4. The minimum atomic E-state index is -1.26. The Balaban J connectivity index is 0.000000603. The third-order valence-corrected chi connectivity index (χ3v) is 7.72. The molecule has 0 atom stereocenters. The number of piperidine rings is 1. The molecule has 3 aromatic carbocycles. The number of amides is 2. The maximum atomic E-state index is 13.6. The van der Waals surface area contributed by atoms with Crippen LogP contribution in [0.5, 0.6) is 0 Å². The summed E-state index contributed by atoms with van der Waals surface area (Å²) in [6, 6.07) is 25.2. The highest BCUT2D eigenvalue weighted by molar-refractivity contribution is 6.07. The number of aliphatic carboxylic acids is 2. The molecule has 12 heteroatoms. The highest BCUT2D eigenvalue weighted by atomic mass is 19.1. The molecule has 0 radical (unpaired) electrons. The quantitative estimate of drug-likeness (QED) is 0.140. The van der Waals surface area contributed by atoms with E-state index >= 15 is 0 Å². The lowest BCUT2D eigenvalue weighted by Gasteiger charge is -2.33. The van der Waals surface area contributed by atoms with Crippen LogP contribution in [0, 0.1) is 11.7 Å². The number of halogens is 1. The number of likely N-dealkylation sites (tertiary alicyclic amines) is 1. The van der Waals surface area contributed by atoms with Gasteiger partial charge in [0.15, 0.2) is 5.78 Å². The number of nitrogens with one attached hydrogen (secondary N) is 1. The molecule has 5 rings (SSSR count). The maximum absolute atomic E-state index is 13.6. The number of carbonyl (C=O) groups is 5. The van der Waals surface area contributed by atoms with E-state index < -0.39 is 11.9 Å². The molecule has 4 aromatic rings. The number of carboxylic acid groups (broad SMARTS) is 2. The summed E-state index contributed by atoms with van der Waals surface area (Å²) in [6.45, 7) is 2.57. The van der Waals surface area contributed by atoms with E-state index in [0.717, 1.165) is 13.1 Å². The standard InChI is InChI=1S/C33H31FN4O3.C4H4O4/c34-28-12-8-24(9-13-28)31(39)25-16-19-37(20-17-25)21-22-38(30-7-4-18-35-23-30)33(41)27-10-14-29(15-11-27)36-32(40)26-5-2-1-3-6-26;5-3(6)1-2-4(7)8/h1-15,18,23,25H,16-17,19-22H2,(H,36,40);1-2H,(H,5,6)(H,7,8). The van der Waals surface area contributed by atoms with E-state index in [4.69, 9.17) is 10.2 Å². The predicted octanol–water partition coefficient (Wildman–Crippen LogP) is 5.43. The topological polar surface area (TPSA) is 157 Å². The number of hydrogen-bond donors (Lipinski definition) is 3. The molecular formula is C37H35FN4O7. The molecule has 1 saturated heterocycles. The highest BCUT2D eigenvalue weighted by Crippen LogP contribution is 2.23. The minimum absolute atomic E-state index is 0.0558. The van der Waals surface area contributed by atoms with Crippen molar-refractivity contribution in [2.24, 2.45) is 5.92 Å². The van der Waals surface area contributed by atoms with E-state index in [1.165, 1.54) is 12.1 Å². The summed E-state index contributed by atoms with van der Waals surface area (Å²) in [5.74, 6) is -3.28. The van der Waals surface area contributed by atoms with Gasteiger partial charge in [-0.05, 0) is 98.7 Å². The first-order chi connectivity index (χ1) is 23.6. The Morgan fingerprint density at radius 2 is 1.41 bits per heavy atom. The smallest absolute Gasteiger partial charge is 0.328 e. The molecular weight excluding hydrogens is 631 g/mol. The van der Waals surface area contributed by atoms with Crippen LogP contribution in [0.1, 0.15) is 43.9 Å². The molecule has 0 unspecified atom stereocenters. The van der Waals surface area contributed by atoms with Crippen molar-refractivity contribution in [3.63, 3.8) is 0 Å². The summed E-state index contributed by atoms with van der Waals surface area (Å²) in [5, 5.41) is 18.5. The Morgan fingerprint density at radius 3 is 1.98 bits per heavy atom. The highest BCUT2D eigenvalue weighted by Gasteiger charge is 2.27. The van der Waals surface area contributed by atoms with E-state index in [1.54, 1.807) is 84.0 Å². The number of carboxylic acids is 2. The van der Waals surface area contributed by atoms with Crippen molar-refractivity contribution in [3.05, 3.63) is 138 Å². The van der Waals surface area contributed by atoms with Gasteiger partial charge >= 0.3 is 11.9 Å². The zero-order valence-corrected chi connectivity index (χ0v) is 26.4. The van der Waals surface area contributed by atoms with Gasteiger partial charge in [0, 0.05) is 59.7 Å². The lowest BCUT2D eigenvalue weighted by atomic mass is 9.89. The summed E-state index contributed by atoms with van der Waals surface area (Å²) >= 11 is 0. The number of nitrogens with zero attached hydrogens (tertiary/aromatic N) is 3. The van der Waals surface area contributed by atoms with Gasteiger partial charge in [0.25, 0.3) is 11.8 Å². The van der Waals surface area contributed by atoms with E-state index in [9.17, 15) is 28.4 Å². The van der Waals surface area contributed by atoms with Crippen LogP contribution in [0.25, 0.3) is 0 Å². The zero-order valence-electron chi connectivity index (χ0n) is 26.4. The Bertz CT molecular complexity index is 1740. The SMILES string of the molecule is O=C(Nc1ccc(C(=O)N(CCN2CCC(C(=O)c3ccc(F)cc3)CC2)c2cccnc2)cc1)c1ccccc1.O=C(O)C=CC(=O)O. The van der Waals surface area contributed by atoms with E-state index in [-0.39, 0.29) is 29.3 Å². The van der Waals surface area contributed by atoms with Crippen LogP contribution in [-0.2, 0) is 9.59 Å². The number of benzene rings is 3. The van der Waals surface area contributed by atoms with Crippen LogP contribution in [0.2, 0.25) is 0 Å². The molecule has 0 spiro atoms. The van der Waals surface area contributed by atoms with E-state index in [2.05, 4.69) is 15.2 Å². The van der Waals surface area contributed by atoms with Gasteiger partial charge in [-0.25, -0.2) is 14.0 Å². The molecule has 1 fully saturated rings. The number of Topliss-reactive ketones (excluding diaryl/α,β-unsaturated/α-hetero) is 1. The van der Waals surface area contributed by atoms with Crippen molar-refractivity contribution in [3.8, 4) is 0 Å². The second kappa shape index (κ2) is 17.8. The Labute approximate surface area is 282 Å². The fraction of sp³-hybridized carbons (Fsp3) is 0.189. The fourth-order valence-corrected chi connectivity index (χ4v) is 5.16. The third-order valence-electron chi connectivity index (χ3n) is 7.72. The zero-order chi connectivity index (χ0) is 35.2. The molecule has 0 bridgehead atoms. The fourth-order valence-electron chi connectivity index (χ4n) is 5.16. The van der Waals surface area contributed by atoms with E-state index in [0.29, 0.717) is 66.1 Å². The van der Waals surface area contributed by atoms with Gasteiger partial charge in [-0.3, -0.25) is 19.4 Å². The van der Waals surface area contributed by atoms with Gasteiger partial charge < -0.3 is 25.3 Å². The van der Waals surface area contributed by atoms with Gasteiger partial charge in [0.05, 0.1) is 11.9 Å². The summed E-state index contributed by atoms with van der Waals surface area (Å²) in [6.07, 6.45) is 5.88. The predicted molar refractivity (Wildman–Crippen MR) is 181 cm³/mol. The molecule has 2 heterocycles. The molecule has 252 valence electrons. The van der Waals surface area contributed by atoms with Gasteiger partial charge in [-0.2, -0.15) is 0 Å². The number of rotatable bonds is 11. The average Bonchev–Trinajstić information content (AvgIpc) is 3.12. The number of ketones is 1. The molecule has 0 saturated carbocycles. The molecule has 1 aliphatic rings. The summed E-state index contributed by atoms with van der Waals surface area (Å²) in [5.41, 5.74) is 2.89. The molecule has 49 heavy (non-hydrogen) atoms. The first kappa shape index (κ1) is 35.8. The molecule has 3 N–H and O–H groups in total. The van der Waals surface area contributed by atoms with Gasteiger partial charge in [-0.15, -0.1) is 0 Å². The van der Waals surface area contributed by atoms with Crippen LogP contribution < -0.4 is 10.2 Å². The largest absolute Gasteiger partial charge is 0.478 e. The summed E-state index contributed by atoms with van der Waals surface area (Å²) in [7, 11) is 0. The van der Waals surface area contributed by atoms with Gasteiger partial charge in [0.2, 0.25) is 0 Å². The Kier molecular flexibility index (Phi) is 13.0. The third kappa shape index (κ3) is 11.0. The molecule has 1 aliphatic heterocycles. The lowest BCUT2D eigenvalue weighted by molar-refractivity contribution is -0.134. The summed E-state index contributed by atoms with van der Waals surface area (Å²) < 4.78 is 13.2. The second-order valence-electron chi connectivity index (χ2n) is 11.1. The number of pyridine rings is 1. The number of hydrogen-bond acceptors (Lipinski definition) is 7. The normalized spacial score (nSPS) is 13.2. The second-order valence-corrected chi connectivity index (χ2v) is 11.1. The average molecular weight is 667 g/mol. The number of aromatic nitrogens is 1. The number of anilines is 2. The summed E-state index contributed by atoms with van der Waals surface area (Å²) in [4.78, 5) is 66.2. The lowest BCUT2D eigenvalue weighted by Crippen LogP contribution is -2.43. The maximum Gasteiger partial charge on any atom is 0.328 e.